The molecule has 0 atom stereocenters. The Balaban J connectivity index is 1.91. The van der Waals surface area contributed by atoms with Crippen LogP contribution in [-0.4, -0.2) is 50.1 Å². The van der Waals surface area contributed by atoms with Crippen LogP contribution in [0.25, 0.3) is 0 Å². The summed E-state index contributed by atoms with van der Waals surface area (Å²) in [5.41, 5.74) is 1.16. The quantitative estimate of drug-likeness (QED) is 0.845. The summed E-state index contributed by atoms with van der Waals surface area (Å²) in [6.07, 6.45) is 1.26. The van der Waals surface area contributed by atoms with Crippen LogP contribution < -0.4 is 0 Å². The molecule has 18 heavy (non-hydrogen) atoms. The second-order valence-electron chi connectivity index (χ2n) is 4.57. The Morgan fingerprint density at radius 2 is 1.89 bits per heavy atom. The Labute approximate surface area is 113 Å². The van der Waals surface area contributed by atoms with Crippen molar-refractivity contribution in [3.05, 3.63) is 34.9 Å². The van der Waals surface area contributed by atoms with Crippen molar-refractivity contribution in [2.75, 3.05) is 32.4 Å². The highest BCUT2D eigenvalue weighted by Gasteiger charge is 2.23. The fourth-order valence-corrected chi connectivity index (χ4v) is 3.15. The van der Waals surface area contributed by atoms with E-state index in [2.05, 4.69) is 4.90 Å². The summed E-state index contributed by atoms with van der Waals surface area (Å²) < 4.78 is 24.3. The first-order valence-corrected chi connectivity index (χ1v) is 8.10. The van der Waals surface area contributed by atoms with E-state index < -0.39 is 10.0 Å². The average molecular weight is 289 g/mol. The number of sulfonamides is 1. The number of hydrogen-bond donors (Lipinski definition) is 0. The van der Waals surface area contributed by atoms with E-state index in [1.54, 1.807) is 0 Å². The lowest BCUT2D eigenvalue weighted by Gasteiger charge is -2.33. The molecule has 0 N–H and O–H groups in total. The number of hydrogen-bond acceptors (Lipinski definition) is 3. The van der Waals surface area contributed by atoms with Gasteiger partial charge in [-0.05, 0) is 17.7 Å². The van der Waals surface area contributed by atoms with Crippen LogP contribution in [0.3, 0.4) is 0 Å². The van der Waals surface area contributed by atoms with E-state index in [1.807, 2.05) is 24.3 Å². The van der Waals surface area contributed by atoms with Crippen LogP contribution in [0, 0.1) is 0 Å². The molecule has 0 radical (unpaired) electrons. The average Bonchev–Trinajstić information content (AvgIpc) is 2.28. The van der Waals surface area contributed by atoms with Crippen LogP contribution in [0.1, 0.15) is 5.56 Å². The lowest BCUT2D eigenvalue weighted by atomic mass is 10.2. The van der Waals surface area contributed by atoms with E-state index >= 15 is 0 Å². The van der Waals surface area contributed by atoms with E-state index in [0.29, 0.717) is 13.1 Å². The van der Waals surface area contributed by atoms with Crippen LogP contribution in [0.4, 0.5) is 0 Å². The molecule has 1 fully saturated rings. The van der Waals surface area contributed by atoms with Crippen molar-refractivity contribution >= 4 is 21.6 Å². The van der Waals surface area contributed by atoms with Crippen LogP contribution in [0.5, 0.6) is 0 Å². The van der Waals surface area contributed by atoms with Gasteiger partial charge >= 0.3 is 0 Å². The molecule has 0 amide bonds. The molecule has 0 spiro atoms. The van der Waals surface area contributed by atoms with E-state index in [9.17, 15) is 8.42 Å². The minimum Gasteiger partial charge on any atom is -0.296 e. The Morgan fingerprint density at radius 1 is 1.22 bits per heavy atom. The van der Waals surface area contributed by atoms with Gasteiger partial charge in [0.2, 0.25) is 10.0 Å². The third kappa shape index (κ3) is 3.68. The molecular weight excluding hydrogens is 272 g/mol. The SMILES string of the molecule is CS(=O)(=O)N1CCN(Cc2cccc(Cl)c2)CC1. The summed E-state index contributed by atoms with van der Waals surface area (Å²) in [4.78, 5) is 2.24. The summed E-state index contributed by atoms with van der Waals surface area (Å²) in [5, 5.41) is 0.738. The van der Waals surface area contributed by atoms with E-state index in [0.717, 1.165) is 30.2 Å². The minimum absolute atomic E-state index is 0.569. The highest BCUT2D eigenvalue weighted by Crippen LogP contribution is 2.14. The monoisotopic (exact) mass is 288 g/mol. The molecule has 1 aromatic carbocycles. The van der Waals surface area contributed by atoms with Crippen LogP contribution in [-0.2, 0) is 16.6 Å². The maximum absolute atomic E-state index is 11.4. The molecular formula is C12H17ClN2O2S. The first-order chi connectivity index (χ1) is 8.45. The Kier molecular flexibility index (Phi) is 4.27. The molecule has 4 nitrogen and oxygen atoms in total. The van der Waals surface area contributed by atoms with Gasteiger partial charge in [-0.3, -0.25) is 4.90 Å². The summed E-state index contributed by atoms with van der Waals surface area (Å²) in [7, 11) is -3.04. The van der Waals surface area contributed by atoms with Gasteiger partial charge in [0.25, 0.3) is 0 Å². The van der Waals surface area contributed by atoms with Gasteiger partial charge in [-0.1, -0.05) is 23.7 Å². The van der Waals surface area contributed by atoms with E-state index in [-0.39, 0.29) is 0 Å². The van der Waals surface area contributed by atoms with Crippen molar-refractivity contribution in [3.8, 4) is 0 Å². The summed E-state index contributed by atoms with van der Waals surface area (Å²) in [6, 6.07) is 7.77. The minimum atomic E-state index is -3.04. The summed E-state index contributed by atoms with van der Waals surface area (Å²) >= 11 is 5.94. The van der Waals surface area contributed by atoms with Gasteiger partial charge in [-0.15, -0.1) is 0 Å². The van der Waals surface area contributed by atoms with Gasteiger partial charge in [-0.25, -0.2) is 8.42 Å². The van der Waals surface area contributed by atoms with E-state index in [4.69, 9.17) is 11.6 Å². The number of piperazine rings is 1. The number of nitrogens with zero attached hydrogens (tertiary/aromatic N) is 2. The molecule has 0 saturated carbocycles. The summed E-state index contributed by atoms with van der Waals surface area (Å²) in [5.74, 6) is 0. The van der Waals surface area contributed by atoms with E-state index in [1.165, 1.54) is 10.6 Å². The second-order valence-corrected chi connectivity index (χ2v) is 6.99. The molecule has 1 aliphatic rings. The lowest BCUT2D eigenvalue weighted by molar-refractivity contribution is 0.182. The van der Waals surface area contributed by atoms with Crippen LogP contribution >= 0.6 is 11.6 Å². The number of rotatable bonds is 3. The van der Waals surface area contributed by atoms with Crippen molar-refractivity contribution < 1.29 is 8.42 Å². The van der Waals surface area contributed by atoms with Gasteiger partial charge in [0.15, 0.2) is 0 Å². The largest absolute Gasteiger partial charge is 0.296 e. The molecule has 1 aliphatic heterocycles. The van der Waals surface area contributed by atoms with Crippen molar-refractivity contribution in [2.24, 2.45) is 0 Å². The number of benzene rings is 1. The zero-order chi connectivity index (χ0) is 13.2. The molecule has 0 aromatic heterocycles. The normalized spacial score (nSPS) is 19.0. The Hall–Kier alpha value is -0.620. The van der Waals surface area contributed by atoms with Crippen molar-refractivity contribution in [2.45, 2.75) is 6.54 Å². The molecule has 0 unspecified atom stereocenters. The van der Waals surface area contributed by atoms with Crippen molar-refractivity contribution in [1.82, 2.24) is 9.21 Å². The van der Waals surface area contributed by atoms with Gasteiger partial charge in [0, 0.05) is 37.7 Å². The Bertz CT molecular complexity index is 511. The fourth-order valence-electron chi connectivity index (χ4n) is 2.11. The zero-order valence-corrected chi connectivity index (χ0v) is 11.9. The van der Waals surface area contributed by atoms with Gasteiger partial charge in [0.05, 0.1) is 6.26 Å². The smallest absolute Gasteiger partial charge is 0.211 e. The van der Waals surface area contributed by atoms with Crippen LogP contribution in [0.2, 0.25) is 5.02 Å². The first-order valence-electron chi connectivity index (χ1n) is 5.87. The molecule has 2 rings (SSSR count). The molecule has 0 aliphatic carbocycles. The maximum atomic E-state index is 11.4. The van der Waals surface area contributed by atoms with Crippen molar-refractivity contribution in [3.63, 3.8) is 0 Å². The molecule has 0 bridgehead atoms. The molecule has 1 heterocycles. The highest BCUT2D eigenvalue weighted by atomic mass is 35.5. The second kappa shape index (κ2) is 5.57. The van der Waals surface area contributed by atoms with Gasteiger partial charge in [0.1, 0.15) is 0 Å². The molecule has 1 saturated heterocycles. The predicted molar refractivity (Wildman–Crippen MR) is 73.1 cm³/mol. The third-order valence-electron chi connectivity index (χ3n) is 3.10. The van der Waals surface area contributed by atoms with Gasteiger partial charge in [-0.2, -0.15) is 4.31 Å². The highest BCUT2D eigenvalue weighted by molar-refractivity contribution is 7.88. The Morgan fingerprint density at radius 3 is 2.44 bits per heavy atom. The zero-order valence-electron chi connectivity index (χ0n) is 10.3. The molecule has 1 aromatic rings. The maximum Gasteiger partial charge on any atom is 0.211 e. The van der Waals surface area contributed by atoms with Crippen molar-refractivity contribution in [1.29, 1.82) is 0 Å². The standard InChI is InChI=1S/C12H17ClN2O2S/c1-18(16,17)15-7-5-14(6-8-15)10-11-3-2-4-12(13)9-11/h2-4,9H,5-8,10H2,1H3. The summed E-state index contributed by atoms with van der Waals surface area (Å²) in [6.45, 7) is 3.48. The molecule has 100 valence electrons. The lowest BCUT2D eigenvalue weighted by Crippen LogP contribution is -2.47. The van der Waals surface area contributed by atoms with Crippen LogP contribution in [0.15, 0.2) is 24.3 Å². The third-order valence-corrected chi connectivity index (χ3v) is 4.63. The van der Waals surface area contributed by atoms with Gasteiger partial charge < -0.3 is 0 Å². The number of halogens is 1. The topological polar surface area (TPSA) is 40.6 Å². The fraction of sp³-hybridized carbons (Fsp3) is 0.500. The first kappa shape index (κ1) is 13.8. The predicted octanol–water partition coefficient (Wildman–Crippen LogP) is 1.42. The molecule has 6 heteroatoms.